The number of hydrogen-bond donors (Lipinski definition) is 1. The van der Waals surface area contributed by atoms with Crippen LogP contribution < -0.4 is 4.90 Å². The van der Waals surface area contributed by atoms with Crippen molar-refractivity contribution in [1.29, 1.82) is 0 Å². The summed E-state index contributed by atoms with van der Waals surface area (Å²) in [6.45, 7) is 0.263. The number of aliphatic carboxylic acids is 1. The number of benzene rings is 1. The lowest BCUT2D eigenvalue weighted by molar-refractivity contribution is -0.135. The number of anilines is 1. The Bertz CT molecular complexity index is 563. The second-order valence-electron chi connectivity index (χ2n) is 3.93. The lowest BCUT2D eigenvalue weighted by Crippen LogP contribution is -2.29. The number of carboxylic acids is 1. The summed E-state index contributed by atoms with van der Waals surface area (Å²) in [5.41, 5.74) is 1.49. The zero-order valence-electron chi connectivity index (χ0n) is 10.0. The van der Waals surface area contributed by atoms with Gasteiger partial charge in [-0.3, -0.25) is 4.79 Å². The van der Waals surface area contributed by atoms with Gasteiger partial charge in [0, 0.05) is 16.9 Å². The van der Waals surface area contributed by atoms with E-state index in [1.165, 1.54) is 6.33 Å². The molecule has 0 unspecified atom stereocenters. The molecule has 0 saturated heterocycles. The lowest BCUT2D eigenvalue weighted by atomic mass is 10.2. The first-order valence-corrected chi connectivity index (χ1v) is 6.00. The van der Waals surface area contributed by atoms with Gasteiger partial charge in [0.2, 0.25) is 0 Å². The van der Waals surface area contributed by atoms with Crippen molar-refractivity contribution in [2.45, 2.75) is 6.54 Å². The number of carboxylic acid groups (broad SMARTS) is 1. The van der Waals surface area contributed by atoms with Crippen molar-refractivity contribution in [3.05, 3.63) is 53.6 Å². The Labute approximate surface area is 115 Å². The van der Waals surface area contributed by atoms with E-state index in [0.717, 1.165) is 11.4 Å². The smallest absolute Gasteiger partial charge is 0.323 e. The lowest BCUT2D eigenvalue weighted by Gasteiger charge is -2.22. The fourth-order valence-corrected chi connectivity index (χ4v) is 1.87. The number of rotatable bonds is 5. The minimum absolute atomic E-state index is 0.121. The van der Waals surface area contributed by atoms with Crippen LogP contribution in [0.5, 0.6) is 0 Å². The van der Waals surface area contributed by atoms with Crippen LogP contribution in [0.2, 0.25) is 5.02 Å². The molecule has 0 saturated carbocycles. The van der Waals surface area contributed by atoms with Crippen molar-refractivity contribution < 1.29 is 9.90 Å². The predicted molar refractivity (Wildman–Crippen MR) is 72.2 cm³/mol. The third-order valence-electron chi connectivity index (χ3n) is 2.50. The third-order valence-corrected chi connectivity index (χ3v) is 2.73. The molecule has 5 nitrogen and oxygen atoms in total. The van der Waals surface area contributed by atoms with Gasteiger partial charge in [-0.1, -0.05) is 17.7 Å². The Morgan fingerprint density at radius 1 is 1.37 bits per heavy atom. The fraction of sp³-hybridized carbons (Fsp3) is 0.154. The van der Waals surface area contributed by atoms with E-state index in [2.05, 4.69) is 9.97 Å². The highest BCUT2D eigenvalue weighted by Gasteiger charge is 2.12. The van der Waals surface area contributed by atoms with Crippen LogP contribution in [0.1, 0.15) is 5.69 Å². The summed E-state index contributed by atoms with van der Waals surface area (Å²) in [6, 6.07) is 8.82. The van der Waals surface area contributed by atoms with Gasteiger partial charge >= 0.3 is 5.97 Å². The van der Waals surface area contributed by atoms with Crippen molar-refractivity contribution in [2.75, 3.05) is 11.4 Å². The topological polar surface area (TPSA) is 66.3 Å². The first kappa shape index (κ1) is 13.3. The molecule has 0 bridgehead atoms. The Balaban J connectivity index is 2.23. The van der Waals surface area contributed by atoms with Crippen LogP contribution in [0, 0.1) is 0 Å². The normalized spacial score (nSPS) is 10.2. The molecule has 0 aliphatic carbocycles. The summed E-state index contributed by atoms with van der Waals surface area (Å²) in [4.78, 5) is 20.6. The summed E-state index contributed by atoms with van der Waals surface area (Å²) in [5, 5.41) is 9.55. The minimum atomic E-state index is -0.908. The molecule has 0 aliphatic rings. The predicted octanol–water partition coefficient (Wildman–Crippen LogP) is 2.22. The molecule has 1 aromatic carbocycles. The largest absolute Gasteiger partial charge is 0.480 e. The molecule has 0 radical (unpaired) electrons. The first-order chi connectivity index (χ1) is 9.15. The molecular weight excluding hydrogens is 266 g/mol. The van der Waals surface area contributed by atoms with Crippen molar-refractivity contribution in [2.24, 2.45) is 0 Å². The summed E-state index contributed by atoms with van der Waals surface area (Å²) >= 11 is 5.93. The van der Waals surface area contributed by atoms with E-state index in [-0.39, 0.29) is 6.54 Å². The molecule has 2 aromatic rings. The van der Waals surface area contributed by atoms with E-state index < -0.39 is 5.97 Å². The highest BCUT2D eigenvalue weighted by molar-refractivity contribution is 6.30. The molecule has 19 heavy (non-hydrogen) atoms. The average Bonchev–Trinajstić information content (AvgIpc) is 2.39. The van der Waals surface area contributed by atoms with Crippen LogP contribution in [0.3, 0.4) is 0 Å². The SMILES string of the molecule is O=C(O)CN(Cc1ccncn1)c1cccc(Cl)c1. The summed E-state index contributed by atoms with van der Waals surface area (Å²) in [6.07, 6.45) is 3.06. The van der Waals surface area contributed by atoms with Crippen LogP contribution in [0.25, 0.3) is 0 Å². The van der Waals surface area contributed by atoms with Crippen molar-refractivity contribution in [3.63, 3.8) is 0 Å². The fourth-order valence-electron chi connectivity index (χ4n) is 1.68. The molecule has 1 heterocycles. The number of aromatic nitrogens is 2. The van der Waals surface area contributed by atoms with E-state index in [4.69, 9.17) is 16.7 Å². The number of nitrogens with zero attached hydrogens (tertiary/aromatic N) is 3. The van der Waals surface area contributed by atoms with Crippen molar-refractivity contribution >= 4 is 23.3 Å². The molecule has 98 valence electrons. The molecule has 0 amide bonds. The van der Waals surface area contributed by atoms with E-state index in [9.17, 15) is 4.79 Å². The van der Waals surface area contributed by atoms with E-state index in [0.29, 0.717) is 11.6 Å². The second kappa shape index (κ2) is 6.15. The van der Waals surface area contributed by atoms with Gasteiger partial charge in [0.15, 0.2) is 0 Å². The Kier molecular flexibility index (Phi) is 4.30. The number of halogens is 1. The third kappa shape index (κ3) is 3.93. The molecule has 2 rings (SSSR count). The van der Waals surface area contributed by atoms with Gasteiger partial charge in [-0.2, -0.15) is 0 Å². The van der Waals surface area contributed by atoms with Crippen LogP contribution in [0.4, 0.5) is 5.69 Å². The molecule has 1 aromatic heterocycles. The quantitative estimate of drug-likeness (QED) is 0.908. The maximum atomic E-state index is 11.0. The zero-order chi connectivity index (χ0) is 13.7. The van der Waals surface area contributed by atoms with Gasteiger partial charge in [-0.15, -0.1) is 0 Å². The molecule has 6 heteroatoms. The van der Waals surface area contributed by atoms with E-state index in [1.807, 2.05) is 6.07 Å². The molecule has 0 atom stereocenters. The molecule has 1 N–H and O–H groups in total. The van der Waals surface area contributed by atoms with Gasteiger partial charge in [0.1, 0.15) is 12.9 Å². The number of hydrogen-bond acceptors (Lipinski definition) is 4. The van der Waals surface area contributed by atoms with Crippen LogP contribution in [-0.4, -0.2) is 27.6 Å². The van der Waals surface area contributed by atoms with Gasteiger partial charge in [0.05, 0.1) is 12.2 Å². The monoisotopic (exact) mass is 277 g/mol. The van der Waals surface area contributed by atoms with Gasteiger partial charge in [0.25, 0.3) is 0 Å². The van der Waals surface area contributed by atoms with Crippen LogP contribution >= 0.6 is 11.6 Å². The summed E-state index contributed by atoms with van der Waals surface area (Å²) < 4.78 is 0. The van der Waals surface area contributed by atoms with Gasteiger partial charge in [-0.25, -0.2) is 9.97 Å². The minimum Gasteiger partial charge on any atom is -0.480 e. The molecule has 0 spiro atoms. The maximum absolute atomic E-state index is 11.0. The highest BCUT2D eigenvalue weighted by Crippen LogP contribution is 2.20. The van der Waals surface area contributed by atoms with Crippen molar-refractivity contribution in [3.8, 4) is 0 Å². The molecule has 0 fully saturated rings. The van der Waals surface area contributed by atoms with E-state index in [1.54, 1.807) is 35.4 Å². The highest BCUT2D eigenvalue weighted by atomic mass is 35.5. The van der Waals surface area contributed by atoms with Crippen LogP contribution in [0.15, 0.2) is 42.9 Å². The Morgan fingerprint density at radius 2 is 2.21 bits per heavy atom. The molecule has 0 aliphatic heterocycles. The van der Waals surface area contributed by atoms with Crippen LogP contribution in [-0.2, 0) is 11.3 Å². The molecular formula is C13H12ClN3O2. The van der Waals surface area contributed by atoms with Gasteiger partial charge < -0.3 is 10.0 Å². The number of carbonyl (C=O) groups is 1. The Morgan fingerprint density at radius 3 is 2.84 bits per heavy atom. The van der Waals surface area contributed by atoms with Crippen molar-refractivity contribution in [1.82, 2.24) is 9.97 Å². The summed E-state index contributed by atoms with van der Waals surface area (Å²) in [5.74, 6) is -0.908. The standard InChI is InChI=1S/C13H12ClN3O2/c14-10-2-1-3-12(6-10)17(8-13(18)19)7-11-4-5-15-9-16-11/h1-6,9H,7-8H2,(H,18,19). The summed E-state index contributed by atoms with van der Waals surface area (Å²) in [7, 11) is 0. The van der Waals surface area contributed by atoms with E-state index >= 15 is 0 Å². The Hall–Kier alpha value is -2.14. The second-order valence-corrected chi connectivity index (χ2v) is 4.37. The maximum Gasteiger partial charge on any atom is 0.323 e. The average molecular weight is 278 g/mol. The van der Waals surface area contributed by atoms with Gasteiger partial charge in [-0.05, 0) is 24.3 Å². The first-order valence-electron chi connectivity index (χ1n) is 5.62. The zero-order valence-corrected chi connectivity index (χ0v) is 10.8.